The molecule has 4 atom stereocenters. The minimum absolute atomic E-state index is 0.0197. The zero-order valence-electron chi connectivity index (χ0n) is 19.3. The standard InChI is InChI=1S/C22H30F3N3O5S/c1-4-5-19(27(3)21(30)31)20(29)26(2)18-11-6-14-12-28(13-17(14)18)34(32,33)16-9-7-15(8-10-16)22(23,24)25/h7-10,14,17-19H,4-6,11-13H2,1-3H3,(H,30,31)/t14-,17+,18+,19?/m1/s1. The van der Waals surface area contributed by atoms with E-state index in [4.69, 9.17) is 0 Å². The van der Waals surface area contributed by atoms with Crippen LogP contribution in [0.25, 0.3) is 0 Å². The summed E-state index contributed by atoms with van der Waals surface area (Å²) in [6, 6.07) is 2.39. The topological polar surface area (TPSA) is 98.2 Å². The lowest BCUT2D eigenvalue weighted by molar-refractivity contribution is -0.138. The number of alkyl halides is 3. The predicted molar refractivity (Wildman–Crippen MR) is 117 cm³/mol. The van der Waals surface area contributed by atoms with Crippen LogP contribution in [0.1, 0.15) is 38.2 Å². The third-order valence-electron chi connectivity index (χ3n) is 7.07. The molecule has 0 aromatic heterocycles. The Kier molecular flexibility index (Phi) is 7.51. The molecule has 1 aromatic rings. The second-order valence-corrected chi connectivity index (χ2v) is 11.0. The van der Waals surface area contributed by atoms with Gasteiger partial charge in [-0.15, -0.1) is 0 Å². The van der Waals surface area contributed by atoms with Gasteiger partial charge in [-0.1, -0.05) is 13.3 Å². The fourth-order valence-corrected chi connectivity index (χ4v) is 6.66. The molecule has 1 saturated carbocycles. The van der Waals surface area contributed by atoms with E-state index in [-0.39, 0.29) is 41.8 Å². The van der Waals surface area contributed by atoms with E-state index in [9.17, 15) is 36.3 Å². The molecule has 1 aliphatic carbocycles. The minimum atomic E-state index is -4.55. The molecule has 1 N–H and O–H groups in total. The van der Waals surface area contributed by atoms with Crippen LogP contribution in [0.3, 0.4) is 0 Å². The second-order valence-electron chi connectivity index (χ2n) is 9.06. The normalized spacial score (nSPS) is 24.0. The van der Waals surface area contributed by atoms with E-state index in [1.807, 2.05) is 6.92 Å². The molecule has 3 rings (SSSR count). The van der Waals surface area contributed by atoms with Crippen LogP contribution in [0.15, 0.2) is 29.2 Å². The summed E-state index contributed by atoms with van der Waals surface area (Å²) >= 11 is 0. The number of hydrogen-bond acceptors (Lipinski definition) is 4. The van der Waals surface area contributed by atoms with Gasteiger partial charge in [0.2, 0.25) is 15.9 Å². The van der Waals surface area contributed by atoms with Crippen molar-refractivity contribution in [3.05, 3.63) is 29.8 Å². The van der Waals surface area contributed by atoms with Crippen molar-refractivity contribution < 1.29 is 36.3 Å². The Labute approximate surface area is 197 Å². The SMILES string of the molecule is CCCC(C(=O)N(C)[C@H]1CC[C@@H]2CN(S(=O)(=O)c3ccc(C(F)(F)F)cc3)C[C@@H]21)N(C)C(=O)O. The summed E-state index contributed by atoms with van der Waals surface area (Å²) in [6.45, 7) is 2.26. The van der Waals surface area contributed by atoms with Crippen molar-refractivity contribution in [2.45, 2.75) is 55.8 Å². The third-order valence-corrected chi connectivity index (χ3v) is 8.91. The molecule has 2 amide bonds. The van der Waals surface area contributed by atoms with Gasteiger partial charge in [-0.3, -0.25) is 9.69 Å². The number of hydrogen-bond donors (Lipinski definition) is 1. The lowest BCUT2D eigenvalue weighted by Crippen LogP contribution is -2.52. The molecule has 8 nitrogen and oxygen atoms in total. The Morgan fingerprint density at radius 1 is 1.15 bits per heavy atom. The number of carbonyl (C=O) groups is 2. The molecular weight excluding hydrogens is 475 g/mol. The maximum absolute atomic E-state index is 13.2. The molecule has 1 aromatic carbocycles. The second kappa shape index (κ2) is 9.73. The van der Waals surface area contributed by atoms with Crippen LogP contribution < -0.4 is 0 Å². The lowest BCUT2D eigenvalue weighted by atomic mass is 9.96. The first kappa shape index (κ1) is 26.3. The molecule has 0 spiro atoms. The molecule has 1 saturated heterocycles. The minimum Gasteiger partial charge on any atom is -0.465 e. The van der Waals surface area contributed by atoms with E-state index in [1.54, 1.807) is 11.9 Å². The molecule has 1 heterocycles. The number of halogens is 3. The Morgan fingerprint density at radius 3 is 2.29 bits per heavy atom. The van der Waals surface area contributed by atoms with Gasteiger partial charge in [0.15, 0.2) is 0 Å². The van der Waals surface area contributed by atoms with Crippen LogP contribution in [-0.4, -0.2) is 78.9 Å². The number of fused-ring (bicyclic) bond motifs is 1. The maximum Gasteiger partial charge on any atom is 0.416 e. The molecule has 34 heavy (non-hydrogen) atoms. The van der Waals surface area contributed by atoms with E-state index < -0.39 is 33.9 Å². The zero-order chi connectivity index (χ0) is 25.4. The summed E-state index contributed by atoms with van der Waals surface area (Å²) in [5.41, 5.74) is -0.919. The Balaban J connectivity index is 1.75. The highest BCUT2D eigenvalue weighted by atomic mass is 32.2. The van der Waals surface area contributed by atoms with Crippen molar-refractivity contribution in [1.82, 2.24) is 14.1 Å². The van der Waals surface area contributed by atoms with Gasteiger partial charge >= 0.3 is 12.3 Å². The monoisotopic (exact) mass is 505 g/mol. The largest absolute Gasteiger partial charge is 0.465 e. The van der Waals surface area contributed by atoms with Gasteiger partial charge < -0.3 is 10.0 Å². The van der Waals surface area contributed by atoms with E-state index in [2.05, 4.69) is 0 Å². The Bertz CT molecular complexity index is 1020. The number of sulfonamides is 1. The van der Waals surface area contributed by atoms with Gasteiger partial charge in [0.1, 0.15) is 6.04 Å². The van der Waals surface area contributed by atoms with Gasteiger partial charge in [-0.25, -0.2) is 13.2 Å². The lowest BCUT2D eigenvalue weighted by Gasteiger charge is -2.34. The molecule has 2 aliphatic rings. The summed E-state index contributed by atoms with van der Waals surface area (Å²) in [4.78, 5) is 27.0. The first-order valence-corrected chi connectivity index (χ1v) is 12.6. The number of likely N-dealkylation sites (N-methyl/N-ethyl adjacent to an activating group) is 2. The quantitative estimate of drug-likeness (QED) is 0.613. The number of amides is 2. The predicted octanol–water partition coefficient (Wildman–Crippen LogP) is 3.34. The van der Waals surface area contributed by atoms with E-state index >= 15 is 0 Å². The van der Waals surface area contributed by atoms with Crippen LogP contribution in [0, 0.1) is 11.8 Å². The number of carbonyl (C=O) groups excluding carboxylic acids is 1. The average molecular weight is 506 g/mol. The molecular formula is C22H30F3N3O5S. The number of carboxylic acid groups (broad SMARTS) is 1. The highest BCUT2D eigenvalue weighted by molar-refractivity contribution is 7.89. The summed E-state index contributed by atoms with van der Waals surface area (Å²) in [6.07, 6.45) is -3.36. The highest BCUT2D eigenvalue weighted by Crippen LogP contribution is 2.42. The molecule has 2 fully saturated rings. The maximum atomic E-state index is 13.2. The molecule has 12 heteroatoms. The van der Waals surface area contributed by atoms with Gasteiger partial charge in [0.25, 0.3) is 0 Å². The summed E-state index contributed by atoms with van der Waals surface area (Å²) < 4.78 is 65.9. The fraction of sp³-hybridized carbons (Fsp3) is 0.636. The molecule has 0 radical (unpaired) electrons. The van der Waals surface area contributed by atoms with Gasteiger partial charge in [-0.2, -0.15) is 17.5 Å². The third kappa shape index (κ3) is 5.02. The highest BCUT2D eigenvalue weighted by Gasteiger charge is 2.49. The van der Waals surface area contributed by atoms with Crippen molar-refractivity contribution in [3.63, 3.8) is 0 Å². The van der Waals surface area contributed by atoms with Crippen LogP contribution in [0.2, 0.25) is 0 Å². The van der Waals surface area contributed by atoms with Gasteiger partial charge in [-0.05, 0) is 55.4 Å². The van der Waals surface area contributed by atoms with Crippen molar-refractivity contribution in [2.75, 3.05) is 27.2 Å². The van der Waals surface area contributed by atoms with E-state index in [0.29, 0.717) is 25.7 Å². The van der Waals surface area contributed by atoms with Crippen molar-refractivity contribution >= 4 is 22.0 Å². The Hall–Kier alpha value is -2.34. The summed E-state index contributed by atoms with van der Waals surface area (Å²) in [7, 11) is -0.999. The van der Waals surface area contributed by atoms with Crippen LogP contribution >= 0.6 is 0 Å². The van der Waals surface area contributed by atoms with E-state index in [0.717, 1.165) is 29.2 Å². The van der Waals surface area contributed by atoms with Crippen LogP contribution in [0.4, 0.5) is 18.0 Å². The number of nitrogens with zero attached hydrogens (tertiary/aromatic N) is 3. The summed E-state index contributed by atoms with van der Waals surface area (Å²) in [5.74, 6) is -0.427. The van der Waals surface area contributed by atoms with Crippen molar-refractivity contribution in [2.24, 2.45) is 11.8 Å². The van der Waals surface area contributed by atoms with Gasteiger partial charge in [0, 0.05) is 33.2 Å². The fourth-order valence-electron chi connectivity index (χ4n) is 5.13. The average Bonchev–Trinajstić information content (AvgIpc) is 3.37. The molecule has 1 aliphatic heterocycles. The molecule has 190 valence electrons. The first-order chi connectivity index (χ1) is 15.8. The van der Waals surface area contributed by atoms with Crippen LogP contribution in [0.5, 0.6) is 0 Å². The zero-order valence-corrected chi connectivity index (χ0v) is 20.1. The van der Waals surface area contributed by atoms with Gasteiger partial charge in [0.05, 0.1) is 10.5 Å². The van der Waals surface area contributed by atoms with Crippen molar-refractivity contribution in [3.8, 4) is 0 Å². The Morgan fingerprint density at radius 2 is 1.76 bits per heavy atom. The summed E-state index contributed by atoms with van der Waals surface area (Å²) in [5, 5.41) is 9.34. The number of benzene rings is 1. The van der Waals surface area contributed by atoms with Crippen molar-refractivity contribution in [1.29, 1.82) is 0 Å². The van der Waals surface area contributed by atoms with E-state index in [1.165, 1.54) is 11.4 Å². The smallest absolute Gasteiger partial charge is 0.416 e. The first-order valence-electron chi connectivity index (χ1n) is 11.2. The molecule has 1 unspecified atom stereocenters. The van der Waals surface area contributed by atoms with Crippen LogP contribution in [-0.2, 0) is 21.0 Å². The molecule has 0 bridgehead atoms. The number of rotatable bonds is 7.